The molecule has 1 aliphatic carbocycles. The first-order valence-electron chi connectivity index (χ1n) is 6.69. The first-order chi connectivity index (χ1) is 8.67. The van der Waals surface area contributed by atoms with Gasteiger partial charge in [0.05, 0.1) is 0 Å². The SMILES string of the molecule is CNC1CCCC(CNc2cc(C)nc(N)n2)C1. The molecule has 100 valence electrons. The first-order valence-corrected chi connectivity index (χ1v) is 6.69. The monoisotopic (exact) mass is 249 g/mol. The van der Waals surface area contributed by atoms with Crippen LogP contribution in [0, 0.1) is 12.8 Å². The molecule has 0 aromatic carbocycles. The minimum atomic E-state index is 0.342. The first kappa shape index (κ1) is 13.1. The van der Waals surface area contributed by atoms with Gasteiger partial charge in [-0.1, -0.05) is 6.42 Å². The van der Waals surface area contributed by atoms with E-state index in [-0.39, 0.29) is 0 Å². The van der Waals surface area contributed by atoms with Crippen molar-refractivity contribution in [1.82, 2.24) is 15.3 Å². The lowest BCUT2D eigenvalue weighted by molar-refractivity contribution is 0.306. The summed E-state index contributed by atoms with van der Waals surface area (Å²) in [6, 6.07) is 2.61. The highest BCUT2D eigenvalue weighted by atomic mass is 15.1. The molecule has 5 heteroatoms. The summed E-state index contributed by atoms with van der Waals surface area (Å²) in [6.07, 6.45) is 5.14. The lowest BCUT2D eigenvalue weighted by Crippen LogP contribution is -2.33. The third-order valence-corrected chi connectivity index (χ3v) is 3.63. The molecule has 5 nitrogen and oxygen atoms in total. The maximum Gasteiger partial charge on any atom is 0.222 e. The van der Waals surface area contributed by atoms with Crippen molar-refractivity contribution < 1.29 is 0 Å². The molecule has 0 bridgehead atoms. The Hall–Kier alpha value is -1.36. The van der Waals surface area contributed by atoms with E-state index in [9.17, 15) is 0 Å². The number of anilines is 2. The van der Waals surface area contributed by atoms with Crippen molar-refractivity contribution in [3.05, 3.63) is 11.8 Å². The minimum Gasteiger partial charge on any atom is -0.370 e. The lowest BCUT2D eigenvalue weighted by Gasteiger charge is -2.29. The largest absolute Gasteiger partial charge is 0.370 e. The van der Waals surface area contributed by atoms with Crippen molar-refractivity contribution in [2.45, 2.75) is 38.6 Å². The number of aryl methyl sites for hydroxylation is 1. The molecule has 0 radical (unpaired) electrons. The van der Waals surface area contributed by atoms with Gasteiger partial charge in [0.1, 0.15) is 5.82 Å². The molecule has 2 rings (SSSR count). The number of rotatable bonds is 4. The molecule has 0 aliphatic heterocycles. The normalized spacial score (nSPS) is 23.9. The third-order valence-electron chi connectivity index (χ3n) is 3.63. The Morgan fingerprint density at radius 1 is 1.39 bits per heavy atom. The van der Waals surface area contributed by atoms with Crippen molar-refractivity contribution in [1.29, 1.82) is 0 Å². The smallest absolute Gasteiger partial charge is 0.222 e. The van der Waals surface area contributed by atoms with E-state index in [0.717, 1.165) is 18.1 Å². The molecular formula is C13H23N5. The molecule has 1 heterocycles. The van der Waals surface area contributed by atoms with Gasteiger partial charge in [-0.2, -0.15) is 4.98 Å². The number of aromatic nitrogens is 2. The van der Waals surface area contributed by atoms with E-state index in [4.69, 9.17) is 5.73 Å². The van der Waals surface area contributed by atoms with Gasteiger partial charge in [0.15, 0.2) is 0 Å². The Bertz CT molecular complexity index is 373. The van der Waals surface area contributed by atoms with Crippen LogP contribution in [0.4, 0.5) is 11.8 Å². The van der Waals surface area contributed by atoms with Crippen LogP contribution in [0.1, 0.15) is 31.4 Å². The van der Waals surface area contributed by atoms with Gasteiger partial charge in [0.25, 0.3) is 0 Å². The molecule has 18 heavy (non-hydrogen) atoms. The van der Waals surface area contributed by atoms with Crippen molar-refractivity contribution in [2.75, 3.05) is 24.6 Å². The van der Waals surface area contributed by atoms with Crippen molar-refractivity contribution in [3.63, 3.8) is 0 Å². The maximum absolute atomic E-state index is 5.64. The summed E-state index contributed by atoms with van der Waals surface area (Å²) in [5.41, 5.74) is 6.54. The fourth-order valence-corrected chi connectivity index (χ4v) is 2.67. The van der Waals surface area contributed by atoms with Gasteiger partial charge in [-0.05, 0) is 39.2 Å². The Labute approximate surface area is 109 Å². The van der Waals surface area contributed by atoms with Crippen molar-refractivity contribution >= 4 is 11.8 Å². The number of nitrogens with one attached hydrogen (secondary N) is 2. The predicted octanol–water partition coefficient (Wildman–Crippen LogP) is 1.56. The van der Waals surface area contributed by atoms with Crippen LogP contribution >= 0.6 is 0 Å². The van der Waals surface area contributed by atoms with Crippen LogP contribution in [-0.4, -0.2) is 29.6 Å². The number of nitrogens with two attached hydrogens (primary N) is 1. The standard InChI is InChI=1S/C13H23N5/c1-9-6-12(18-13(14)17-9)16-8-10-4-3-5-11(7-10)15-2/h6,10-11,15H,3-5,7-8H2,1-2H3,(H3,14,16,17,18). The highest BCUT2D eigenvalue weighted by Gasteiger charge is 2.20. The maximum atomic E-state index is 5.64. The summed E-state index contributed by atoms with van der Waals surface area (Å²) in [7, 11) is 2.05. The summed E-state index contributed by atoms with van der Waals surface area (Å²) >= 11 is 0. The molecule has 4 N–H and O–H groups in total. The molecule has 2 atom stereocenters. The Balaban J connectivity index is 1.87. The predicted molar refractivity (Wildman–Crippen MR) is 74.5 cm³/mol. The highest BCUT2D eigenvalue weighted by Crippen LogP contribution is 2.24. The summed E-state index contributed by atoms with van der Waals surface area (Å²) < 4.78 is 0. The molecule has 0 saturated heterocycles. The van der Waals surface area contributed by atoms with E-state index in [1.807, 2.05) is 13.0 Å². The Kier molecular flexibility index (Phi) is 4.36. The van der Waals surface area contributed by atoms with Gasteiger partial charge in [-0.3, -0.25) is 0 Å². The number of nitrogens with zero attached hydrogens (tertiary/aromatic N) is 2. The molecule has 0 amide bonds. The summed E-state index contributed by atoms with van der Waals surface area (Å²) in [4.78, 5) is 8.27. The fourth-order valence-electron chi connectivity index (χ4n) is 2.67. The molecular weight excluding hydrogens is 226 g/mol. The van der Waals surface area contributed by atoms with Crippen LogP contribution < -0.4 is 16.4 Å². The van der Waals surface area contributed by atoms with E-state index in [1.54, 1.807) is 0 Å². The number of nitrogen functional groups attached to an aromatic ring is 1. The summed E-state index contributed by atoms with van der Waals surface area (Å²) in [5.74, 6) is 1.90. The van der Waals surface area contributed by atoms with E-state index in [1.165, 1.54) is 25.7 Å². The summed E-state index contributed by atoms with van der Waals surface area (Å²) in [6.45, 7) is 2.90. The van der Waals surface area contributed by atoms with Gasteiger partial charge in [0, 0.05) is 24.3 Å². The van der Waals surface area contributed by atoms with Gasteiger partial charge in [-0.25, -0.2) is 4.98 Å². The van der Waals surface area contributed by atoms with E-state index in [0.29, 0.717) is 17.9 Å². The van der Waals surface area contributed by atoms with Crippen LogP contribution in [0.3, 0.4) is 0 Å². The lowest BCUT2D eigenvalue weighted by atomic mass is 9.86. The van der Waals surface area contributed by atoms with E-state index in [2.05, 4.69) is 27.6 Å². The molecule has 2 unspecified atom stereocenters. The van der Waals surface area contributed by atoms with E-state index >= 15 is 0 Å². The van der Waals surface area contributed by atoms with Gasteiger partial charge < -0.3 is 16.4 Å². The van der Waals surface area contributed by atoms with Crippen molar-refractivity contribution in [3.8, 4) is 0 Å². The van der Waals surface area contributed by atoms with E-state index < -0.39 is 0 Å². The van der Waals surface area contributed by atoms with Gasteiger partial charge >= 0.3 is 0 Å². The second-order valence-electron chi connectivity index (χ2n) is 5.15. The molecule has 1 aliphatic rings. The third kappa shape index (κ3) is 3.57. The highest BCUT2D eigenvalue weighted by molar-refractivity contribution is 5.40. The molecule has 0 spiro atoms. The van der Waals surface area contributed by atoms with Crippen LogP contribution in [0.15, 0.2) is 6.07 Å². The zero-order chi connectivity index (χ0) is 13.0. The zero-order valence-corrected chi connectivity index (χ0v) is 11.2. The van der Waals surface area contributed by atoms with Crippen molar-refractivity contribution in [2.24, 2.45) is 5.92 Å². The Morgan fingerprint density at radius 3 is 2.94 bits per heavy atom. The topological polar surface area (TPSA) is 75.9 Å². The molecule has 1 fully saturated rings. The zero-order valence-electron chi connectivity index (χ0n) is 11.2. The van der Waals surface area contributed by atoms with Gasteiger partial charge in [-0.15, -0.1) is 0 Å². The average Bonchev–Trinajstić information content (AvgIpc) is 2.35. The van der Waals surface area contributed by atoms with Gasteiger partial charge in [0.2, 0.25) is 5.95 Å². The second kappa shape index (κ2) is 6.00. The fraction of sp³-hybridized carbons (Fsp3) is 0.692. The molecule has 1 saturated carbocycles. The molecule has 1 aromatic rings. The molecule has 1 aromatic heterocycles. The number of hydrogen-bond donors (Lipinski definition) is 3. The van der Waals surface area contributed by atoms with Crippen LogP contribution in [-0.2, 0) is 0 Å². The Morgan fingerprint density at radius 2 is 2.22 bits per heavy atom. The quantitative estimate of drug-likeness (QED) is 0.755. The second-order valence-corrected chi connectivity index (χ2v) is 5.15. The minimum absolute atomic E-state index is 0.342. The number of hydrogen-bond acceptors (Lipinski definition) is 5. The van der Waals surface area contributed by atoms with Crippen LogP contribution in [0.5, 0.6) is 0 Å². The van der Waals surface area contributed by atoms with Crippen LogP contribution in [0.2, 0.25) is 0 Å². The van der Waals surface area contributed by atoms with Crippen LogP contribution in [0.25, 0.3) is 0 Å². The average molecular weight is 249 g/mol. The summed E-state index contributed by atoms with van der Waals surface area (Å²) in [5, 5.41) is 6.76.